The van der Waals surface area contributed by atoms with Gasteiger partial charge in [-0.3, -0.25) is 4.79 Å². The van der Waals surface area contributed by atoms with Crippen molar-refractivity contribution in [1.82, 2.24) is 14.5 Å². The van der Waals surface area contributed by atoms with Crippen molar-refractivity contribution in [3.8, 4) is 0 Å². The summed E-state index contributed by atoms with van der Waals surface area (Å²) in [6.45, 7) is 3.96. The number of hydrogen-bond donors (Lipinski definition) is 0. The van der Waals surface area contributed by atoms with Crippen LogP contribution in [0.2, 0.25) is 0 Å². The Labute approximate surface area is 78.2 Å². The van der Waals surface area contributed by atoms with E-state index in [4.69, 9.17) is 0 Å². The Morgan fingerprint density at radius 1 is 1.62 bits per heavy atom. The molecule has 1 aromatic heterocycles. The van der Waals surface area contributed by atoms with Crippen molar-refractivity contribution in [3.05, 3.63) is 18.2 Å². The second-order valence-electron chi connectivity index (χ2n) is 3.40. The first kappa shape index (κ1) is 9.77. The van der Waals surface area contributed by atoms with Crippen LogP contribution < -0.4 is 0 Å². The Balaban J connectivity index is 2.86. The number of aryl methyl sites for hydroxylation is 1. The van der Waals surface area contributed by atoms with Crippen LogP contribution in [0.25, 0.3) is 0 Å². The number of hydrogen-bond acceptors (Lipinski definition) is 2. The lowest BCUT2D eigenvalue weighted by Gasteiger charge is -2.21. The van der Waals surface area contributed by atoms with Crippen molar-refractivity contribution in [2.24, 2.45) is 7.05 Å². The topological polar surface area (TPSA) is 38.1 Å². The number of carbonyl (C=O) groups excluding carboxylic acids is 1. The maximum absolute atomic E-state index is 11.7. The molecule has 1 amide bonds. The maximum atomic E-state index is 11.7. The highest BCUT2D eigenvalue weighted by molar-refractivity contribution is 5.92. The maximum Gasteiger partial charge on any atom is 0.272 e. The van der Waals surface area contributed by atoms with E-state index < -0.39 is 0 Å². The van der Waals surface area contributed by atoms with Crippen molar-refractivity contribution < 1.29 is 4.79 Å². The molecule has 0 spiro atoms. The van der Waals surface area contributed by atoms with Crippen molar-refractivity contribution in [2.75, 3.05) is 7.05 Å². The minimum atomic E-state index is 0.00926. The van der Waals surface area contributed by atoms with Crippen LogP contribution in [0.5, 0.6) is 0 Å². The second-order valence-corrected chi connectivity index (χ2v) is 3.40. The molecule has 0 unspecified atom stereocenters. The Kier molecular flexibility index (Phi) is 2.70. The van der Waals surface area contributed by atoms with Crippen molar-refractivity contribution in [3.63, 3.8) is 0 Å². The predicted octanol–water partition coefficient (Wildman–Crippen LogP) is 0.901. The third-order valence-corrected chi connectivity index (χ3v) is 2.13. The molecule has 0 aliphatic rings. The van der Waals surface area contributed by atoms with Crippen molar-refractivity contribution >= 4 is 5.91 Å². The minimum absolute atomic E-state index is 0.00926. The average Bonchev–Trinajstić information content (AvgIpc) is 2.48. The third-order valence-electron chi connectivity index (χ3n) is 2.13. The van der Waals surface area contributed by atoms with Gasteiger partial charge in [0.2, 0.25) is 0 Å². The minimum Gasteiger partial charge on any atom is -0.338 e. The summed E-state index contributed by atoms with van der Waals surface area (Å²) in [5.41, 5.74) is 0.621. The summed E-state index contributed by atoms with van der Waals surface area (Å²) in [4.78, 5) is 17.3. The van der Waals surface area contributed by atoms with E-state index in [1.165, 1.54) is 0 Å². The summed E-state index contributed by atoms with van der Waals surface area (Å²) in [5.74, 6) is 0.00926. The number of rotatable bonds is 2. The van der Waals surface area contributed by atoms with Gasteiger partial charge in [0.1, 0.15) is 5.69 Å². The Bertz CT molecular complexity index is 304. The van der Waals surface area contributed by atoms with Crippen molar-refractivity contribution in [1.29, 1.82) is 0 Å². The molecule has 0 fully saturated rings. The van der Waals surface area contributed by atoms with Gasteiger partial charge in [-0.2, -0.15) is 0 Å². The van der Waals surface area contributed by atoms with E-state index in [9.17, 15) is 4.79 Å². The molecule has 4 nitrogen and oxygen atoms in total. The van der Waals surface area contributed by atoms with Gasteiger partial charge in [0.25, 0.3) is 5.91 Å². The molecule has 1 heterocycles. The molecule has 0 aliphatic carbocycles. The Hall–Kier alpha value is -1.32. The highest BCUT2D eigenvalue weighted by Gasteiger charge is 2.16. The van der Waals surface area contributed by atoms with E-state index in [-0.39, 0.29) is 11.9 Å². The molecule has 0 atom stereocenters. The molecule has 0 saturated carbocycles. The molecule has 1 aromatic rings. The van der Waals surface area contributed by atoms with Crippen LogP contribution in [-0.4, -0.2) is 33.4 Å². The van der Waals surface area contributed by atoms with Crippen LogP contribution in [0.15, 0.2) is 12.5 Å². The fourth-order valence-corrected chi connectivity index (χ4v) is 0.978. The van der Waals surface area contributed by atoms with Crippen LogP contribution in [0.4, 0.5) is 0 Å². The van der Waals surface area contributed by atoms with Gasteiger partial charge >= 0.3 is 0 Å². The molecule has 0 saturated heterocycles. The summed E-state index contributed by atoms with van der Waals surface area (Å²) in [6, 6.07) is 0.211. The second kappa shape index (κ2) is 3.60. The average molecular weight is 181 g/mol. The van der Waals surface area contributed by atoms with Crippen LogP contribution in [0.3, 0.4) is 0 Å². The summed E-state index contributed by atoms with van der Waals surface area (Å²) < 4.78 is 1.72. The SMILES string of the molecule is CC(C)N(C)C(=O)c1cncn1C. The Morgan fingerprint density at radius 2 is 2.23 bits per heavy atom. The first-order valence-electron chi connectivity index (χ1n) is 4.27. The Morgan fingerprint density at radius 3 is 2.62 bits per heavy atom. The normalized spacial score (nSPS) is 10.5. The molecule has 0 N–H and O–H groups in total. The smallest absolute Gasteiger partial charge is 0.272 e. The van der Waals surface area contributed by atoms with Gasteiger partial charge < -0.3 is 9.47 Å². The highest BCUT2D eigenvalue weighted by Crippen LogP contribution is 2.04. The largest absolute Gasteiger partial charge is 0.338 e. The van der Waals surface area contributed by atoms with Crippen molar-refractivity contribution in [2.45, 2.75) is 19.9 Å². The number of imidazole rings is 1. The van der Waals surface area contributed by atoms with Gasteiger partial charge in [-0.15, -0.1) is 0 Å². The molecule has 72 valence electrons. The van der Waals surface area contributed by atoms with Gasteiger partial charge in [0.15, 0.2) is 0 Å². The molecule has 13 heavy (non-hydrogen) atoms. The number of amides is 1. The molecule has 0 aromatic carbocycles. The summed E-state index contributed by atoms with van der Waals surface area (Å²) >= 11 is 0. The van der Waals surface area contributed by atoms with Gasteiger partial charge in [0.05, 0.1) is 12.5 Å². The standard InChI is InChI=1S/C9H15N3O/c1-7(2)12(4)9(13)8-5-10-6-11(8)3/h5-7H,1-4H3. The lowest BCUT2D eigenvalue weighted by atomic mass is 10.3. The van der Waals surface area contributed by atoms with E-state index in [2.05, 4.69) is 4.98 Å². The van der Waals surface area contributed by atoms with E-state index in [1.54, 1.807) is 29.0 Å². The quantitative estimate of drug-likeness (QED) is 0.680. The van der Waals surface area contributed by atoms with Gasteiger partial charge in [-0.1, -0.05) is 0 Å². The fraction of sp³-hybridized carbons (Fsp3) is 0.556. The number of aromatic nitrogens is 2. The summed E-state index contributed by atoms with van der Waals surface area (Å²) in [7, 11) is 3.61. The zero-order valence-corrected chi connectivity index (χ0v) is 8.48. The molecule has 4 heteroatoms. The van der Waals surface area contributed by atoms with E-state index in [0.29, 0.717) is 5.69 Å². The first-order valence-corrected chi connectivity index (χ1v) is 4.27. The summed E-state index contributed by atoms with van der Waals surface area (Å²) in [6.07, 6.45) is 3.21. The molecule has 1 rings (SSSR count). The number of carbonyl (C=O) groups is 1. The fourth-order valence-electron chi connectivity index (χ4n) is 0.978. The van der Waals surface area contributed by atoms with Gasteiger partial charge in [-0.05, 0) is 13.8 Å². The monoisotopic (exact) mass is 181 g/mol. The van der Waals surface area contributed by atoms with Gasteiger partial charge in [-0.25, -0.2) is 4.98 Å². The van der Waals surface area contributed by atoms with Crippen LogP contribution in [-0.2, 0) is 7.05 Å². The lowest BCUT2D eigenvalue weighted by Crippen LogP contribution is -2.34. The van der Waals surface area contributed by atoms with Gasteiger partial charge in [0, 0.05) is 20.1 Å². The van der Waals surface area contributed by atoms with E-state index in [0.717, 1.165) is 0 Å². The zero-order chi connectivity index (χ0) is 10.0. The molecular weight excluding hydrogens is 166 g/mol. The van der Waals surface area contributed by atoms with Crippen LogP contribution >= 0.6 is 0 Å². The molecule has 0 radical (unpaired) electrons. The molecular formula is C9H15N3O. The summed E-state index contributed by atoms with van der Waals surface area (Å²) in [5, 5.41) is 0. The predicted molar refractivity (Wildman–Crippen MR) is 50.4 cm³/mol. The first-order chi connectivity index (χ1) is 6.04. The number of nitrogens with zero attached hydrogens (tertiary/aromatic N) is 3. The van der Waals surface area contributed by atoms with Crippen LogP contribution in [0.1, 0.15) is 24.3 Å². The molecule has 0 aliphatic heterocycles. The highest BCUT2D eigenvalue weighted by atomic mass is 16.2. The van der Waals surface area contributed by atoms with E-state index in [1.807, 2.05) is 20.9 Å². The lowest BCUT2D eigenvalue weighted by molar-refractivity contribution is 0.0745. The zero-order valence-electron chi connectivity index (χ0n) is 8.48. The van der Waals surface area contributed by atoms with E-state index >= 15 is 0 Å². The van der Waals surface area contributed by atoms with Crippen LogP contribution in [0, 0.1) is 0 Å². The molecule has 0 bridgehead atoms. The third kappa shape index (κ3) is 1.88.